The number of carbonyl (C=O) groups is 4. The minimum absolute atomic E-state index is 0.00662. The van der Waals surface area contributed by atoms with Crippen molar-refractivity contribution in [3.05, 3.63) is 59.7 Å². The summed E-state index contributed by atoms with van der Waals surface area (Å²) in [7, 11) is 2.87. The van der Waals surface area contributed by atoms with Crippen LogP contribution in [0.4, 0.5) is 4.79 Å². The second kappa shape index (κ2) is 15.5. The van der Waals surface area contributed by atoms with Crippen LogP contribution in [0.25, 0.3) is 12.2 Å². The Balaban J connectivity index is 0.000000534. The second-order valence-electron chi connectivity index (χ2n) is 8.89. The van der Waals surface area contributed by atoms with Crippen molar-refractivity contribution in [3.63, 3.8) is 0 Å². The zero-order valence-electron chi connectivity index (χ0n) is 22.4. The number of hydrogen-bond acceptors (Lipinski definition) is 9. The number of carbonyl (C=O) groups excluding carboxylic acids is 3. The van der Waals surface area contributed by atoms with E-state index in [1.807, 2.05) is 0 Å². The van der Waals surface area contributed by atoms with Gasteiger partial charge in [0.25, 0.3) is 0 Å². The first kappa shape index (κ1) is 32.2. The van der Waals surface area contributed by atoms with Gasteiger partial charge in [-0.05, 0) is 68.3 Å². The van der Waals surface area contributed by atoms with Crippen molar-refractivity contribution in [1.29, 1.82) is 0 Å². The number of methoxy groups -OCH3 is 2. The normalized spacial score (nSPS) is 10.9. The summed E-state index contributed by atoms with van der Waals surface area (Å²) < 4.78 is 14.8. The van der Waals surface area contributed by atoms with Gasteiger partial charge in [0, 0.05) is 0 Å². The molecule has 2 rings (SSSR count). The SMILES string of the molecule is CC(C)(C)OC(=O)NCC(=O)O.COc1cc(/C=C/C(=O)CC(=O)/C=C/c2ccc(O)c(OC)c2)ccc1O. The highest BCUT2D eigenvalue weighted by Gasteiger charge is 2.16. The predicted molar refractivity (Wildman–Crippen MR) is 144 cm³/mol. The third-order valence-electron chi connectivity index (χ3n) is 4.46. The topological polar surface area (TPSA) is 169 Å². The summed E-state index contributed by atoms with van der Waals surface area (Å²) in [6, 6.07) is 9.34. The van der Waals surface area contributed by atoms with Crippen molar-refractivity contribution in [3.8, 4) is 23.0 Å². The van der Waals surface area contributed by atoms with Gasteiger partial charge in [0.1, 0.15) is 12.1 Å². The van der Waals surface area contributed by atoms with E-state index < -0.39 is 24.2 Å². The van der Waals surface area contributed by atoms with Crippen LogP contribution in [0.15, 0.2) is 48.6 Å². The molecule has 2 aromatic rings. The maximum absolute atomic E-state index is 11.9. The van der Waals surface area contributed by atoms with Gasteiger partial charge in [-0.3, -0.25) is 14.4 Å². The van der Waals surface area contributed by atoms with Crippen LogP contribution in [0.2, 0.25) is 0 Å². The van der Waals surface area contributed by atoms with Crippen LogP contribution in [0.5, 0.6) is 23.0 Å². The van der Waals surface area contributed by atoms with Crippen molar-refractivity contribution >= 4 is 35.8 Å². The number of allylic oxidation sites excluding steroid dienone is 2. The third-order valence-corrected chi connectivity index (χ3v) is 4.46. The first-order chi connectivity index (χ1) is 18.2. The first-order valence-corrected chi connectivity index (χ1v) is 11.6. The lowest BCUT2D eigenvalue weighted by molar-refractivity contribution is -0.136. The Hall–Kier alpha value is -4.80. The number of hydrogen-bond donors (Lipinski definition) is 4. The Morgan fingerprint density at radius 1 is 0.821 bits per heavy atom. The van der Waals surface area contributed by atoms with Gasteiger partial charge < -0.3 is 34.8 Å². The zero-order valence-corrected chi connectivity index (χ0v) is 22.4. The molecule has 0 saturated carbocycles. The van der Waals surface area contributed by atoms with Gasteiger partial charge in [0.05, 0.1) is 20.6 Å². The number of ether oxygens (including phenoxy) is 3. The molecule has 0 bridgehead atoms. The molecule has 2 aromatic carbocycles. The molecule has 0 fully saturated rings. The molecule has 0 aliphatic heterocycles. The summed E-state index contributed by atoms with van der Waals surface area (Å²) >= 11 is 0. The molecule has 210 valence electrons. The van der Waals surface area contributed by atoms with Crippen molar-refractivity contribution in [2.75, 3.05) is 20.8 Å². The summed E-state index contributed by atoms with van der Waals surface area (Å²) in [4.78, 5) is 44.6. The van der Waals surface area contributed by atoms with Gasteiger partial charge in [-0.25, -0.2) is 4.79 Å². The van der Waals surface area contributed by atoms with Gasteiger partial charge in [-0.1, -0.05) is 24.3 Å². The smallest absolute Gasteiger partial charge is 0.408 e. The van der Waals surface area contributed by atoms with Gasteiger partial charge in [-0.15, -0.1) is 0 Å². The summed E-state index contributed by atoms with van der Waals surface area (Å²) in [6.45, 7) is 4.68. The van der Waals surface area contributed by atoms with Crippen LogP contribution in [-0.4, -0.2) is 65.3 Å². The summed E-state index contributed by atoms with van der Waals surface area (Å²) in [5.74, 6) is -1.18. The van der Waals surface area contributed by atoms with Crippen molar-refractivity contribution in [2.45, 2.75) is 32.8 Å². The molecule has 0 aliphatic carbocycles. The monoisotopic (exact) mass is 543 g/mol. The third kappa shape index (κ3) is 13.4. The molecule has 0 atom stereocenters. The molecule has 11 heteroatoms. The van der Waals surface area contributed by atoms with E-state index >= 15 is 0 Å². The molecule has 0 saturated heterocycles. The van der Waals surface area contributed by atoms with Crippen molar-refractivity contribution < 1.29 is 48.7 Å². The number of ketones is 2. The van der Waals surface area contributed by atoms with E-state index in [0.717, 1.165) is 0 Å². The highest BCUT2D eigenvalue weighted by Crippen LogP contribution is 2.27. The van der Waals surface area contributed by atoms with E-state index in [4.69, 9.17) is 19.3 Å². The van der Waals surface area contributed by atoms with Crippen LogP contribution in [0, 0.1) is 0 Å². The van der Waals surface area contributed by atoms with Crippen LogP contribution in [0.3, 0.4) is 0 Å². The molecular formula is C28H33NO10. The molecular weight excluding hydrogens is 510 g/mol. The Morgan fingerprint density at radius 3 is 1.62 bits per heavy atom. The Morgan fingerprint density at radius 2 is 1.26 bits per heavy atom. The summed E-state index contributed by atoms with van der Waals surface area (Å²) in [5.41, 5.74) is 0.733. The quantitative estimate of drug-likeness (QED) is 0.254. The van der Waals surface area contributed by atoms with Crippen molar-refractivity contribution in [1.82, 2.24) is 5.32 Å². The van der Waals surface area contributed by atoms with E-state index in [2.05, 4.69) is 5.32 Å². The Bertz CT molecular complexity index is 1150. The molecule has 4 N–H and O–H groups in total. The number of amides is 1. The standard InChI is InChI=1S/C21H20O6.C7H13NO4/c1-26-20-11-14(5-9-18(20)24)3-7-16(22)13-17(23)8-4-15-6-10-19(25)21(12-15)27-2;1-7(2,3)12-6(11)8-4-5(9)10/h3-12,24-25H,13H2,1-2H3;4H2,1-3H3,(H,8,11)(H,9,10)/b7-3+,8-4+;. The van der Waals surface area contributed by atoms with Crippen LogP contribution in [0.1, 0.15) is 38.3 Å². The van der Waals surface area contributed by atoms with E-state index in [1.54, 1.807) is 57.2 Å². The molecule has 1 amide bonds. The number of phenolic OH excluding ortho intramolecular Hbond substituents is 2. The van der Waals surface area contributed by atoms with Crippen molar-refractivity contribution in [2.24, 2.45) is 0 Å². The lowest BCUT2D eigenvalue weighted by atomic mass is 10.1. The highest BCUT2D eigenvalue weighted by molar-refractivity contribution is 6.10. The highest BCUT2D eigenvalue weighted by atomic mass is 16.6. The fraction of sp³-hybridized carbons (Fsp3) is 0.286. The average Bonchev–Trinajstić information content (AvgIpc) is 2.86. The number of aliphatic carboxylic acids is 1. The number of aromatic hydroxyl groups is 2. The summed E-state index contributed by atoms with van der Waals surface area (Å²) in [5, 5.41) is 29.4. The molecule has 39 heavy (non-hydrogen) atoms. The number of carboxylic acid groups (broad SMARTS) is 1. The maximum Gasteiger partial charge on any atom is 0.408 e. The van der Waals surface area contributed by atoms with Gasteiger partial charge in [0.2, 0.25) is 0 Å². The minimum Gasteiger partial charge on any atom is -0.504 e. The lowest BCUT2D eigenvalue weighted by Crippen LogP contribution is -2.35. The fourth-order valence-corrected chi connectivity index (χ4v) is 2.73. The van der Waals surface area contributed by atoms with E-state index in [9.17, 15) is 29.4 Å². The Kier molecular flexibility index (Phi) is 12.8. The largest absolute Gasteiger partial charge is 0.504 e. The van der Waals surface area contributed by atoms with Crippen LogP contribution in [-0.2, 0) is 19.1 Å². The van der Waals surface area contributed by atoms with Crippen LogP contribution < -0.4 is 14.8 Å². The van der Waals surface area contributed by atoms with Gasteiger partial charge >= 0.3 is 12.1 Å². The molecule has 0 unspecified atom stereocenters. The maximum atomic E-state index is 11.9. The summed E-state index contributed by atoms with van der Waals surface area (Å²) in [6.07, 6.45) is 4.72. The first-order valence-electron chi connectivity index (χ1n) is 11.6. The predicted octanol–water partition coefficient (Wildman–Crippen LogP) is 3.97. The number of rotatable bonds is 10. The zero-order chi connectivity index (χ0) is 29.6. The number of benzene rings is 2. The molecule has 0 spiro atoms. The van der Waals surface area contributed by atoms with E-state index in [0.29, 0.717) is 22.6 Å². The molecule has 0 aromatic heterocycles. The molecule has 0 radical (unpaired) electrons. The minimum atomic E-state index is -1.10. The van der Waals surface area contributed by atoms with E-state index in [1.165, 1.54) is 38.5 Å². The molecule has 11 nitrogen and oxygen atoms in total. The number of phenols is 2. The fourth-order valence-electron chi connectivity index (χ4n) is 2.73. The number of carboxylic acids is 1. The Labute approximate surface area is 226 Å². The molecule has 0 aliphatic rings. The lowest BCUT2D eigenvalue weighted by Gasteiger charge is -2.19. The van der Waals surface area contributed by atoms with Gasteiger partial charge in [-0.2, -0.15) is 0 Å². The van der Waals surface area contributed by atoms with Crippen LogP contribution >= 0.6 is 0 Å². The van der Waals surface area contributed by atoms with E-state index in [-0.39, 0.29) is 29.5 Å². The number of nitrogens with one attached hydrogen (secondary N) is 1. The van der Waals surface area contributed by atoms with Gasteiger partial charge in [0.15, 0.2) is 34.6 Å². The number of alkyl carbamates (subject to hydrolysis) is 1. The average molecular weight is 544 g/mol. The second-order valence-corrected chi connectivity index (χ2v) is 8.89. The molecule has 0 heterocycles.